The fourth-order valence-electron chi connectivity index (χ4n) is 1.55. The summed E-state index contributed by atoms with van der Waals surface area (Å²) in [5.74, 6) is 0.0799. The van der Waals surface area contributed by atoms with Gasteiger partial charge in [0.05, 0.1) is 23.1 Å². The average Bonchev–Trinajstić information content (AvgIpc) is 2.25. The van der Waals surface area contributed by atoms with Crippen LogP contribution >= 0.6 is 0 Å². The second kappa shape index (κ2) is 4.99. The Balaban J connectivity index is 2.99. The van der Waals surface area contributed by atoms with Gasteiger partial charge < -0.3 is 0 Å². The molecule has 0 aliphatic rings. The zero-order valence-electron chi connectivity index (χ0n) is 11.1. The second-order valence-corrected chi connectivity index (χ2v) is 7.44. The Kier molecular flexibility index (Phi) is 4.02. The first kappa shape index (κ1) is 14.5. The highest BCUT2D eigenvalue weighted by Crippen LogP contribution is 2.22. The molecule has 0 radical (unpaired) electrons. The lowest BCUT2D eigenvalue weighted by atomic mass is 10.0. The molecule has 0 N–H and O–H groups in total. The van der Waals surface area contributed by atoms with Gasteiger partial charge in [0.1, 0.15) is 0 Å². The predicted molar refractivity (Wildman–Crippen MR) is 72.8 cm³/mol. The van der Waals surface area contributed by atoms with Crippen LogP contribution in [0.25, 0.3) is 0 Å². The third-order valence-electron chi connectivity index (χ3n) is 2.39. The van der Waals surface area contributed by atoms with Crippen LogP contribution in [0.5, 0.6) is 0 Å². The maximum atomic E-state index is 12.2. The summed E-state index contributed by atoms with van der Waals surface area (Å²) < 4.78 is 25.6. The van der Waals surface area contributed by atoms with E-state index < -0.39 is 10.0 Å². The second-order valence-electron chi connectivity index (χ2n) is 5.44. The van der Waals surface area contributed by atoms with Crippen molar-refractivity contribution in [2.45, 2.75) is 20.8 Å². The van der Waals surface area contributed by atoms with Gasteiger partial charge in [0.15, 0.2) is 0 Å². The van der Waals surface area contributed by atoms with E-state index in [-0.39, 0.29) is 11.2 Å². The standard InChI is InChI=1S/C13H18N2O2S/c1-13(2,3)10-18(16,17)15(4)12-7-5-11(9-14)6-8-12/h5-8H,10H2,1-4H3. The molecule has 1 aromatic rings. The molecule has 0 aliphatic heterocycles. The minimum atomic E-state index is -3.34. The predicted octanol–water partition coefficient (Wildman–Crippen LogP) is 2.37. The quantitative estimate of drug-likeness (QED) is 0.843. The lowest BCUT2D eigenvalue weighted by Gasteiger charge is -2.25. The SMILES string of the molecule is CN(c1ccc(C#N)cc1)S(=O)(=O)CC(C)(C)C. The molecule has 1 aromatic carbocycles. The zero-order valence-corrected chi connectivity index (χ0v) is 12.0. The third kappa shape index (κ3) is 3.74. The molecule has 0 spiro atoms. The van der Waals surface area contributed by atoms with Crippen LogP contribution in [0.2, 0.25) is 0 Å². The summed E-state index contributed by atoms with van der Waals surface area (Å²) in [6, 6.07) is 8.50. The summed E-state index contributed by atoms with van der Waals surface area (Å²) in [4.78, 5) is 0. The number of rotatable bonds is 3. The van der Waals surface area contributed by atoms with E-state index in [1.165, 1.54) is 11.4 Å². The summed E-state index contributed by atoms with van der Waals surface area (Å²) in [5, 5.41) is 8.70. The average molecular weight is 266 g/mol. The fourth-order valence-corrected chi connectivity index (χ4v) is 3.28. The maximum absolute atomic E-state index is 12.2. The molecule has 0 saturated heterocycles. The Morgan fingerprint density at radius 2 is 1.72 bits per heavy atom. The zero-order chi connectivity index (χ0) is 14.0. The van der Waals surface area contributed by atoms with Crippen molar-refractivity contribution >= 4 is 15.7 Å². The van der Waals surface area contributed by atoms with Gasteiger partial charge in [-0.3, -0.25) is 4.31 Å². The molecule has 1 rings (SSSR count). The van der Waals surface area contributed by atoms with Crippen molar-refractivity contribution in [2.75, 3.05) is 17.1 Å². The highest BCUT2D eigenvalue weighted by atomic mass is 32.2. The van der Waals surface area contributed by atoms with Gasteiger partial charge in [-0.25, -0.2) is 8.42 Å². The van der Waals surface area contributed by atoms with Crippen molar-refractivity contribution in [3.05, 3.63) is 29.8 Å². The smallest absolute Gasteiger partial charge is 0.235 e. The van der Waals surface area contributed by atoms with Gasteiger partial charge in [-0.05, 0) is 29.7 Å². The van der Waals surface area contributed by atoms with Gasteiger partial charge in [0.2, 0.25) is 10.0 Å². The van der Waals surface area contributed by atoms with Gasteiger partial charge in [-0.1, -0.05) is 20.8 Å². The van der Waals surface area contributed by atoms with Gasteiger partial charge in [-0.15, -0.1) is 0 Å². The molecule has 4 nitrogen and oxygen atoms in total. The molecule has 0 fully saturated rings. The number of anilines is 1. The summed E-state index contributed by atoms with van der Waals surface area (Å²) in [5.41, 5.74) is 0.790. The minimum Gasteiger partial charge on any atom is -0.273 e. The van der Waals surface area contributed by atoms with Crippen molar-refractivity contribution in [3.8, 4) is 6.07 Å². The lowest BCUT2D eigenvalue weighted by molar-refractivity contribution is 0.461. The van der Waals surface area contributed by atoms with E-state index in [0.717, 1.165) is 0 Å². The lowest BCUT2D eigenvalue weighted by Crippen LogP contribution is -2.34. The van der Waals surface area contributed by atoms with Crippen LogP contribution in [0.1, 0.15) is 26.3 Å². The van der Waals surface area contributed by atoms with Crippen LogP contribution in [0.15, 0.2) is 24.3 Å². The van der Waals surface area contributed by atoms with Gasteiger partial charge in [0.25, 0.3) is 0 Å². The monoisotopic (exact) mass is 266 g/mol. The first-order valence-corrected chi connectivity index (χ1v) is 7.23. The number of nitriles is 1. The number of benzene rings is 1. The van der Waals surface area contributed by atoms with Gasteiger partial charge in [-0.2, -0.15) is 5.26 Å². The molecule has 98 valence electrons. The van der Waals surface area contributed by atoms with E-state index in [9.17, 15) is 8.42 Å². The Hall–Kier alpha value is -1.54. The van der Waals surface area contributed by atoms with Crippen LogP contribution in [0, 0.1) is 16.7 Å². The molecule has 0 unspecified atom stereocenters. The molecule has 18 heavy (non-hydrogen) atoms. The minimum absolute atomic E-state index is 0.0799. The summed E-state index contributed by atoms with van der Waals surface area (Å²) in [6.07, 6.45) is 0. The van der Waals surface area contributed by atoms with Crippen molar-refractivity contribution in [1.29, 1.82) is 5.26 Å². The molecular formula is C13H18N2O2S. The van der Waals surface area contributed by atoms with E-state index >= 15 is 0 Å². The van der Waals surface area contributed by atoms with E-state index in [1.54, 1.807) is 24.3 Å². The van der Waals surface area contributed by atoms with Crippen LogP contribution in [-0.2, 0) is 10.0 Å². The summed E-state index contributed by atoms with van der Waals surface area (Å²) >= 11 is 0. The largest absolute Gasteiger partial charge is 0.273 e. The molecule has 0 aliphatic carbocycles. The van der Waals surface area contributed by atoms with Crippen LogP contribution in [0.4, 0.5) is 5.69 Å². The number of sulfonamides is 1. The van der Waals surface area contributed by atoms with Crippen molar-refractivity contribution in [3.63, 3.8) is 0 Å². The molecule has 0 bridgehead atoms. The van der Waals surface area contributed by atoms with Gasteiger partial charge >= 0.3 is 0 Å². The van der Waals surface area contributed by atoms with E-state index in [2.05, 4.69) is 0 Å². The van der Waals surface area contributed by atoms with Crippen molar-refractivity contribution < 1.29 is 8.42 Å². The molecule has 0 aromatic heterocycles. The molecule has 5 heteroatoms. The normalized spacial score (nSPS) is 11.9. The highest BCUT2D eigenvalue weighted by Gasteiger charge is 2.25. The van der Waals surface area contributed by atoms with Crippen molar-refractivity contribution in [1.82, 2.24) is 0 Å². The first-order valence-electron chi connectivity index (χ1n) is 5.62. The topological polar surface area (TPSA) is 61.2 Å². The molecular weight excluding hydrogens is 248 g/mol. The summed E-state index contributed by atoms with van der Waals surface area (Å²) in [7, 11) is -1.81. The number of hydrogen-bond acceptors (Lipinski definition) is 3. The molecule has 0 amide bonds. The Labute approximate surface area is 109 Å². The maximum Gasteiger partial charge on any atom is 0.235 e. The highest BCUT2D eigenvalue weighted by molar-refractivity contribution is 7.92. The Bertz CT molecular complexity index is 548. The molecule has 0 heterocycles. The first-order chi connectivity index (χ1) is 8.15. The van der Waals surface area contributed by atoms with Crippen molar-refractivity contribution in [2.24, 2.45) is 5.41 Å². The van der Waals surface area contributed by atoms with E-state index in [4.69, 9.17) is 5.26 Å². The van der Waals surface area contributed by atoms with E-state index in [0.29, 0.717) is 11.3 Å². The third-order valence-corrected chi connectivity index (χ3v) is 4.67. The summed E-state index contributed by atoms with van der Waals surface area (Å²) in [6.45, 7) is 5.66. The number of hydrogen-bond donors (Lipinski definition) is 0. The molecule has 0 saturated carbocycles. The van der Waals surface area contributed by atoms with E-state index in [1.807, 2.05) is 26.8 Å². The van der Waals surface area contributed by atoms with Crippen LogP contribution in [0.3, 0.4) is 0 Å². The van der Waals surface area contributed by atoms with Gasteiger partial charge in [0, 0.05) is 7.05 Å². The van der Waals surface area contributed by atoms with Crippen LogP contribution < -0.4 is 4.31 Å². The number of nitrogens with zero attached hydrogens (tertiary/aromatic N) is 2. The Morgan fingerprint density at radius 1 is 1.22 bits per heavy atom. The van der Waals surface area contributed by atoms with Crippen LogP contribution in [-0.4, -0.2) is 21.2 Å². The fraction of sp³-hybridized carbons (Fsp3) is 0.462. The molecule has 0 atom stereocenters. The Morgan fingerprint density at radius 3 is 2.11 bits per heavy atom.